The molecular formula is C14H16N4S. The van der Waals surface area contributed by atoms with Crippen LogP contribution in [0.1, 0.15) is 16.8 Å². The summed E-state index contributed by atoms with van der Waals surface area (Å²) in [5.41, 5.74) is 8.63. The van der Waals surface area contributed by atoms with Crippen molar-refractivity contribution in [3.8, 4) is 0 Å². The van der Waals surface area contributed by atoms with Crippen LogP contribution in [0.5, 0.6) is 0 Å². The zero-order valence-electron chi connectivity index (χ0n) is 11.0. The summed E-state index contributed by atoms with van der Waals surface area (Å²) in [6, 6.07) is 10.1. The van der Waals surface area contributed by atoms with Crippen LogP contribution in [0.15, 0.2) is 36.5 Å². The highest BCUT2D eigenvalue weighted by atomic mass is 32.1. The summed E-state index contributed by atoms with van der Waals surface area (Å²) in [6.07, 6.45) is 1.67. The van der Waals surface area contributed by atoms with Crippen molar-refractivity contribution in [3.63, 3.8) is 0 Å². The third kappa shape index (κ3) is 3.48. The van der Waals surface area contributed by atoms with E-state index in [1.165, 1.54) is 11.1 Å². The molecule has 0 unspecified atom stereocenters. The fraction of sp³-hybridized carbons (Fsp3) is 0.214. The molecule has 0 bridgehead atoms. The summed E-state index contributed by atoms with van der Waals surface area (Å²) in [5, 5.41) is 0. The molecule has 0 saturated heterocycles. The molecule has 1 heterocycles. The average Bonchev–Trinajstić information content (AvgIpc) is 2.39. The molecule has 1 aromatic carbocycles. The highest BCUT2D eigenvalue weighted by Crippen LogP contribution is 2.11. The Morgan fingerprint density at radius 1 is 1.37 bits per heavy atom. The van der Waals surface area contributed by atoms with Gasteiger partial charge < -0.3 is 10.6 Å². The lowest BCUT2D eigenvalue weighted by Gasteiger charge is -2.17. The Morgan fingerprint density at radius 2 is 2.16 bits per heavy atom. The summed E-state index contributed by atoms with van der Waals surface area (Å²) in [7, 11) is 1.95. The third-order valence-electron chi connectivity index (χ3n) is 2.74. The van der Waals surface area contributed by atoms with Crippen LogP contribution in [0, 0.1) is 6.92 Å². The van der Waals surface area contributed by atoms with Crippen molar-refractivity contribution in [2.75, 3.05) is 11.9 Å². The molecular weight excluding hydrogens is 256 g/mol. The third-order valence-corrected chi connectivity index (χ3v) is 2.95. The number of aromatic nitrogens is 2. The highest BCUT2D eigenvalue weighted by molar-refractivity contribution is 7.80. The number of hydrogen-bond donors (Lipinski definition) is 1. The smallest absolute Gasteiger partial charge is 0.225 e. The normalized spacial score (nSPS) is 10.2. The first-order chi connectivity index (χ1) is 9.06. The molecule has 0 fully saturated rings. The molecule has 2 N–H and O–H groups in total. The van der Waals surface area contributed by atoms with Crippen LogP contribution < -0.4 is 10.6 Å². The van der Waals surface area contributed by atoms with E-state index < -0.39 is 0 Å². The largest absolute Gasteiger partial charge is 0.388 e. The Kier molecular flexibility index (Phi) is 4.06. The Hall–Kier alpha value is -2.01. The van der Waals surface area contributed by atoms with E-state index in [4.69, 9.17) is 18.0 Å². The second-order valence-corrected chi connectivity index (χ2v) is 4.89. The van der Waals surface area contributed by atoms with Gasteiger partial charge in [0.1, 0.15) is 10.7 Å². The Morgan fingerprint density at radius 3 is 2.84 bits per heavy atom. The van der Waals surface area contributed by atoms with Crippen molar-refractivity contribution in [2.45, 2.75) is 13.5 Å². The lowest BCUT2D eigenvalue weighted by molar-refractivity contribution is 0.864. The van der Waals surface area contributed by atoms with E-state index in [0.29, 0.717) is 11.6 Å². The highest BCUT2D eigenvalue weighted by Gasteiger charge is 2.07. The summed E-state index contributed by atoms with van der Waals surface area (Å²) in [6.45, 7) is 2.82. The van der Waals surface area contributed by atoms with Crippen molar-refractivity contribution in [1.82, 2.24) is 9.97 Å². The van der Waals surface area contributed by atoms with Gasteiger partial charge in [-0.25, -0.2) is 9.97 Å². The molecule has 0 amide bonds. The van der Waals surface area contributed by atoms with Gasteiger partial charge >= 0.3 is 0 Å². The molecule has 0 aliphatic carbocycles. The van der Waals surface area contributed by atoms with Crippen LogP contribution in [0.3, 0.4) is 0 Å². The fourth-order valence-corrected chi connectivity index (χ4v) is 1.94. The monoisotopic (exact) mass is 272 g/mol. The van der Waals surface area contributed by atoms with Gasteiger partial charge in [0, 0.05) is 19.8 Å². The Balaban J connectivity index is 2.18. The van der Waals surface area contributed by atoms with Gasteiger partial charge in [-0.1, -0.05) is 42.0 Å². The lowest BCUT2D eigenvalue weighted by Crippen LogP contribution is -2.21. The molecule has 5 heteroatoms. The van der Waals surface area contributed by atoms with Gasteiger partial charge in [0.05, 0.1) is 0 Å². The first-order valence-corrected chi connectivity index (χ1v) is 6.36. The van der Waals surface area contributed by atoms with Crippen molar-refractivity contribution in [3.05, 3.63) is 53.3 Å². The maximum atomic E-state index is 5.58. The quantitative estimate of drug-likeness (QED) is 0.863. The van der Waals surface area contributed by atoms with Crippen molar-refractivity contribution < 1.29 is 0 Å². The van der Waals surface area contributed by atoms with Crippen molar-refractivity contribution in [1.29, 1.82) is 0 Å². The van der Waals surface area contributed by atoms with Crippen LogP contribution in [-0.4, -0.2) is 22.0 Å². The summed E-state index contributed by atoms with van der Waals surface area (Å²) >= 11 is 4.92. The minimum absolute atomic E-state index is 0.285. The minimum atomic E-state index is 0.285. The standard InChI is InChI=1S/C14H16N4S/c1-10-4-3-5-11(8-10)9-18(2)14-16-7-6-12(17-14)13(15)19/h3-8H,9H2,1-2H3,(H2,15,19). The topological polar surface area (TPSA) is 55.0 Å². The van der Waals surface area contributed by atoms with Gasteiger partial charge in [0.2, 0.25) is 5.95 Å². The number of nitrogens with two attached hydrogens (primary N) is 1. The molecule has 0 radical (unpaired) electrons. The van der Waals surface area contributed by atoms with Gasteiger partial charge in [0.25, 0.3) is 0 Å². The van der Waals surface area contributed by atoms with Crippen LogP contribution in [0.2, 0.25) is 0 Å². The van der Waals surface area contributed by atoms with Crippen LogP contribution in [0.25, 0.3) is 0 Å². The molecule has 98 valence electrons. The summed E-state index contributed by atoms with van der Waals surface area (Å²) < 4.78 is 0. The van der Waals surface area contributed by atoms with Gasteiger partial charge in [0.15, 0.2) is 0 Å². The molecule has 4 nitrogen and oxygen atoms in total. The van der Waals surface area contributed by atoms with Gasteiger partial charge in [-0.3, -0.25) is 0 Å². The molecule has 1 aromatic heterocycles. The molecule has 19 heavy (non-hydrogen) atoms. The van der Waals surface area contributed by atoms with Crippen LogP contribution >= 0.6 is 12.2 Å². The van der Waals surface area contributed by atoms with E-state index >= 15 is 0 Å². The van der Waals surface area contributed by atoms with Crippen molar-refractivity contribution in [2.24, 2.45) is 5.73 Å². The molecule has 0 aliphatic heterocycles. The van der Waals surface area contributed by atoms with E-state index in [2.05, 4.69) is 35.1 Å². The number of aryl methyl sites for hydroxylation is 1. The number of hydrogen-bond acceptors (Lipinski definition) is 4. The SMILES string of the molecule is Cc1cccc(CN(C)c2nccc(C(N)=S)n2)c1. The zero-order chi connectivity index (χ0) is 13.8. The van der Waals surface area contributed by atoms with E-state index in [1.807, 2.05) is 18.0 Å². The molecule has 2 aromatic rings. The van der Waals surface area contributed by atoms with Gasteiger partial charge in [-0.15, -0.1) is 0 Å². The molecule has 0 atom stereocenters. The van der Waals surface area contributed by atoms with Gasteiger partial charge in [-0.05, 0) is 18.6 Å². The Labute approximate surface area is 118 Å². The van der Waals surface area contributed by atoms with Crippen molar-refractivity contribution >= 4 is 23.2 Å². The predicted octanol–water partition coefficient (Wildman–Crippen LogP) is 2.06. The fourth-order valence-electron chi connectivity index (χ4n) is 1.82. The van der Waals surface area contributed by atoms with Crippen LogP contribution in [-0.2, 0) is 6.54 Å². The minimum Gasteiger partial charge on any atom is -0.388 e. The predicted molar refractivity (Wildman–Crippen MR) is 81.2 cm³/mol. The lowest BCUT2D eigenvalue weighted by atomic mass is 10.1. The van der Waals surface area contributed by atoms with E-state index in [1.54, 1.807) is 12.3 Å². The maximum Gasteiger partial charge on any atom is 0.225 e. The van der Waals surface area contributed by atoms with E-state index in [0.717, 1.165) is 6.54 Å². The van der Waals surface area contributed by atoms with E-state index in [9.17, 15) is 0 Å². The molecule has 2 rings (SSSR count). The second kappa shape index (κ2) is 5.75. The number of nitrogens with zero attached hydrogens (tertiary/aromatic N) is 3. The summed E-state index contributed by atoms with van der Waals surface area (Å²) in [4.78, 5) is 10.8. The second-order valence-electron chi connectivity index (χ2n) is 4.45. The average molecular weight is 272 g/mol. The molecule has 0 aliphatic rings. The number of rotatable bonds is 4. The van der Waals surface area contributed by atoms with E-state index in [-0.39, 0.29) is 4.99 Å². The number of anilines is 1. The van der Waals surface area contributed by atoms with Crippen LogP contribution in [0.4, 0.5) is 5.95 Å². The maximum absolute atomic E-state index is 5.58. The molecule has 0 saturated carbocycles. The number of thiocarbonyl (C=S) groups is 1. The Bertz CT molecular complexity index is 598. The first-order valence-electron chi connectivity index (χ1n) is 5.96. The number of benzene rings is 1. The first kappa shape index (κ1) is 13.4. The zero-order valence-corrected chi connectivity index (χ0v) is 11.8. The van der Waals surface area contributed by atoms with Gasteiger partial charge in [-0.2, -0.15) is 0 Å². The molecule has 0 spiro atoms. The summed E-state index contributed by atoms with van der Waals surface area (Å²) in [5.74, 6) is 0.617.